The largest absolute Gasteiger partial charge is 0.456 e. The second-order valence-corrected chi connectivity index (χ2v) is 18.5. The highest BCUT2D eigenvalue weighted by Gasteiger charge is 2.54. The summed E-state index contributed by atoms with van der Waals surface area (Å²) in [6.07, 6.45) is 1.27. The maximum atomic E-state index is 13.7. The molecule has 0 saturated carbocycles. The molecular formula is C42H52O7. The van der Waals surface area contributed by atoms with Crippen LogP contribution in [0.3, 0.4) is 0 Å². The minimum Gasteiger partial charge on any atom is -0.456 e. The smallest absolute Gasteiger partial charge is 0.340 e. The number of hydrogen-bond acceptors (Lipinski definition) is 7. The molecule has 2 heterocycles. The predicted octanol–water partition coefficient (Wildman–Crippen LogP) is 10.3. The van der Waals surface area contributed by atoms with Gasteiger partial charge in [-0.3, -0.25) is 9.59 Å². The van der Waals surface area contributed by atoms with Crippen LogP contribution >= 0.6 is 0 Å². The highest BCUT2D eigenvalue weighted by atomic mass is 16.6. The Morgan fingerprint density at radius 3 is 1.45 bits per heavy atom. The molecular weight excluding hydrogens is 616 g/mol. The number of carbonyl (C=O) groups excluding carboxylic acids is 3. The van der Waals surface area contributed by atoms with Crippen LogP contribution in [0.2, 0.25) is 0 Å². The van der Waals surface area contributed by atoms with E-state index in [9.17, 15) is 14.4 Å². The summed E-state index contributed by atoms with van der Waals surface area (Å²) < 4.78 is 24.8. The lowest BCUT2D eigenvalue weighted by Crippen LogP contribution is -2.34. The Hall–Kier alpha value is -4.13. The number of ether oxygens (including phenoxy) is 4. The fourth-order valence-electron chi connectivity index (χ4n) is 7.57. The third kappa shape index (κ3) is 7.13. The molecule has 2 aliphatic rings. The Balaban J connectivity index is 1.61. The van der Waals surface area contributed by atoms with Gasteiger partial charge >= 0.3 is 17.9 Å². The molecule has 7 heteroatoms. The van der Waals surface area contributed by atoms with Gasteiger partial charge in [0, 0.05) is 28.8 Å². The standard InChI is InChI=1S/C42H52O7/c1-37(2,3)23-40(10,11)35(44)46-26-15-18-30-32(21-26)48-33-22-27(47-36(45)41(12,13)24-38(4,5)6)16-19-31(33)42(30)29-17-14-25(39(7,8)9)20-28(29)34(43)49-42/h14-22H,23-24H2,1-13H3. The molecule has 3 aromatic rings. The zero-order chi connectivity index (χ0) is 36.5. The minimum absolute atomic E-state index is 0.0761. The van der Waals surface area contributed by atoms with Gasteiger partial charge in [-0.05, 0) is 92.7 Å². The van der Waals surface area contributed by atoms with Crippen molar-refractivity contribution in [3.8, 4) is 23.0 Å². The monoisotopic (exact) mass is 668 g/mol. The van der Waals surface area contributed by atoms with Crippen LogP contribution in [0.15, 0.2) is 54.6 Å². The molecule has 5 rings (SSSR count). The zero-order valence-corrected chi connectivity index (χ0v) is 31.5. The van der Waals surface area contributed by atoms with Gasteiger partial charge in [0.1, 0.15) is 23.0 Å². The van der Waals surface area contributed by atoms with Crippen LogP contribution in [0, 0.1) is 21.7 Å². The predicted molar refractivity (Wildman–Crippen MR) is 190 cm³/mol. The first-order chi connectivity index (χ1) is 22.3. The summed E-state index contributed by atoms with van der Waals surface area (Å²) in [4.78, 5) is 40.5. The summed E-state index contributed by atoms with van der Waals surface area (Å²) in [7, 11) is 0. The van der Waals surface area contributed by atoms with Gasteiger partial charge in [0.05, 0.1) is 16.4 Å². The fourth-order valence-corrected chi connectivity index (χ4v) is 7.57. The van der Waals surface area contributed by atoms with Crippen molar-refractivity contribution in [2.45, 2.75) is 114 Å². The fraction of sp³-hybridized carbons (Fsp3) is 0.500. The number of fused-ring (bicyclic) bond motifs is 6. The number of carbonyl (C=O) groups is 3. The van der Waals surface area contributed by atoms with Crippen LogP contribution in [0.4, 0.5) is 0 Å². The Morgan fingerprint density at radius 2 is 1.04 bits per heavy atom. The third-order valence-electron chi connectivity index (χ3n) is 9.09. The van der Waals surface area contributed by atoms with Gasteiger partial charge in [-0.2, -0.15) is 0 Å². The van der Waals surface area contributed by atoms with E-state index in [0.29, 0.717) is 58.1 Å². The van der Waals surface area contributed by atoms with Crippen molar-refractivity contribution >= 4 is 17.9 Å². The van der Waals surface area contributed by atoms with Crippen molar-refractivity contribution in [1.29, 1.82) is 0 Å². The van der Waals surface area contributed by atoms with Crippen molar-refractivity contribution in [3.63, 3.8) is 0 Å². The van der Waals surface area contributed by atoms with E-state index in [2.05, 4.69) is 62.3 Å². The van der Waals surface area contributed by atoms with Gasteiger partial charge in [0.2, 0.25) is 0 Å². The number of rotatable bonds is 6. The lowest BCUT2D eigenvalue weighted by Gasteiger charge is -2.37. The van der Waals surface area contributed by atoms with E-state index in [1.165, 1.54) is 0 Å². The van der Waals surface area contributed by atoms with Crippen LogP contribution < -0.4 is 14.2 Å². The van der Waals surface area contributed by atoms with Gasteiger partial charge < -0.3 is 18.9 Å². The van der Waals surface area contributed by atoms with E-state index in [0.717, 1.165) is 5.56 Å². The Kier molecular flexibility index (Phi) is 8.66. The molecule has 3 aromatic carbocycles. The van der Waals surface area contributed by atoms with Crippen LogP contribution in [0.5, 0.6) is 23.0 Å². The summed E-state index contributed by atoms with van der Waals surface area (Å²) in [5.74, 6) is 0.193. The summed E-state index contributed by atoms with van der Waals surface area (Å²) in [5, 5.41) is 0. The van der Waals surface area contributed by atoms with Crippen molar-refractivity contribution in [3.05, 3.63) is 82.4 Å². The molecule has 0 bridgehead atoms. The highest BCUT2D eigenvalue weighted by Crippen LogP contribution is 2.57. The van der Waals surface area contributed by atoms with Crippen LogP contribution in [0.1, 0.15) is 135 Å². The van der Waals surface area contributed by atoms with E-state index in [1.807, 2.05) is 45.9 Å². The Morgan fingerprint density at radius 1 is 0.612 bits per heavy atom. The van der Waals surface area contributed by atoms with Crippen molar-refractivity contribution in [2.75, 3.05) is 0 Å². The average Bonchev–Trinajstić information content (AvgIpc) is 3.21. The first-order valence-electron chi connectivity index (χ1n) is 17.1. The molecule has 0 fully saturated rings. The average molecular weight is 669 g/mol. The first kappa shape index (κ1) is 36.2. The molecule has 0 saturated heterocycles. The summed E-state index contributed by atoms with van der Waals surface area (Å²) >= 11 is 0. The highest BCUT2D eigenvalue weighted by molar-refractivity contribution is 5.97. The molecule has 49 heavy (non-hydrogen) atoms. The maximum absolute atomic E-state index is 13.7. The molecule has 0 radical (unpaired) electrons. The summed E-state index contributed by atoms with van der Waals surface area (Å²) in [6.45, 7) is 26.4. The van der Waals surface area contributed by atoms with Gasteiger partial charge in [-0.15, -0.1) is 0 Å². The molecule has 262 valence electrons. The normalized spacial score (nSPS) is 15.5. The SMILES string of the molecule is CC(C)(C)CC(C)(C)C(=O)Oc1ccc2c(c1)Oc1cc(OC(=O)C(C)(C)CC(C)(C)C)ccc1C21OC(=O)c2cc(C(C)(C)C)ccc21. The topological polar surface area (TPSA) is 88.1 Å². The van der Waals surface area contributed by atoms with E-state index < -0.39 is 22.4 Å². The maximum Gasteiger partial charge on any atom is 0.340 e. The summed E-state index contributed by atoms with van der Waals surface area (Å²) in [5.41, 5.74) is 0.229. The molecule has 0 aliphatic carbocycles. The van der Waals surface area contributed by atoms with Crippen molar-refractivity contribution in [2.24, 2.45) is 21.7 Å². The second-order valence-electron chi connectivity index (χ2n) is 18.5. The number of benzene rings is 3. The molecule has 1 spiro atoms. The number of esters is 3. The lowest BCUT2D eigenvalue weighted by atomic mass is 9.76. The molecule has 0 unspecified atom stereocenters. The number of hydrogen-bond donors (Lipinski definition) is 0. The second kappa shape index (κ2) is 11.7. The van der Waals surface area contributed by atoms with Crippen LogP contribution in [-0.4, -0.2) is 17.9 Å². The molecule has 0 aromatic heterocycles. The van der Waals surface area contributed by atoms with Crippen molar-refractivity contribution in [1.82, 2.24) is 0 Å². The van der Waals surface area contributed by atoms with Crippen molar-refractivity contribution < 1.29 is 33.3 Å². The molecule has 0 N–H and O–H groups in total. The van der Waals surface area contributed by atoms with E-state index in [1.54, 1.807) is 36.4 Å². The molecule has 2 aliphatic heterocycles. The van der Waals surface area contributed by atoms with Gasteiger partial charge in [0.25, 0.3) is 0 Å². The van der Waals surface area contributed by atoms with Crippen LogP contribution in [0.25, 0.3) is 0 Å². The van der Waals surface area contributed by atoms with E-state index >= 15 is 0 Å². The van der Waals surface area contributed by atoms with E-state index in [4.69, 9.17) is 18.9 Å². The van der Waals surface area contributed by atoms with Gasteiger partial charge in [-0.1, -0.05) is 74.4 Å². The van der Waals surface area contributed by atoms with Crippen LogP contribution in [-0.2, 0) is 25.3 Å². The Bertz CT molecular complexity index is 1730. The van der Waals surface area contributed by atoms with Gasteiger partial charge in [0.15, 0.2) is 5.60 Å². The summed E-state index contributed by atoms with van der Waals surface area (Å²) in [6, 6.07) is 16.2. The first-order valence-corrected chi connectivity index (χ1v) is 17.1. The van der Waals surface area contributed by atoms with E-state index in [-0.39, 0.29) is 28.2 Å². The third-order valence-corrected chi connectivity index (χ3v) is 9.09. The zero-order valence-electron chi connectivity index (χ0n) is 31.5. The molecule has 7 nitrogen and oxygen atoms in total. The van der Waals surface area contributed by atoms with Gasteiger partial charge in [-0.25, -0.2) is 4.79 Å². The molecule has 0 amide bonds. The minimum atomic E-state index is -1.34. The molecule has 0 atom stereocenters. The Labute approximate surface area is 291 Å². The quantitative estimate of drug-likeness (QED) is 0.191. The lowest BCUT2D eigenvalue weighted by molar-refractivity contribution is -0.146.